The third-order valence-electron chi connectivity index (χ3n) is 7.13. The number of rotatable bonds is 6. The lowest BCUT2D eigenvalue weighted by Gasteiger charge is -2.24. The standard InChI is InChI=1S/C23H25ClFN3O3.C4H8/c24-18-7-4-8-19(25)21(18)22(29)28-13-16-11-27(12-17(16)14-28)10-9-20(26-23(30)31)15-5-2-1-3-6-15;1-4-2-3-4/h1-8,16-17,20,26H,9-14H2,(H,30,31);4H,2-3H2,1H3/t16-,17?,20?;/m0./s1. The van der Waals surface area contributed by atoms with Gasteiger partial charge in [0, 0.05) is 32.7 Å². The number of nitrogens with zero attached hydrogens (tertiary/aromatic N) is 2. The zero-order valence-corrected chi connectivity index (χ0v) is 20.8. The predicted molar refractivity (Wildman–Crippen MR) is 134 cm³/mol. The Bertz CT molecular complexity index is 999. The summed E-state index contributed by atoms with van der Waals surface area (Å²) in [6, 6.07) is 13.6. The van der Waals surface area contributed by atoms with E-state index in [4.69, 9.17) is 11.6 Å². The van der Waals surface area contributed by atoms with Crippen molar-refractivity contribution in [2.45, 2.75) is 32.2 Å². The van der Waals surface area contributed by atoms with Crippen LogP contribution >= 0.6 is 11.6 Å². The van der Waals surface area contributed by atoms with Crippen molar-refractivity contribution in [1.82, 2.24) is 15.1 Å². The van der Waals surface area contributed by atoms with E-state index in [1.807, 2.05) is 30.3 Å². The van der Waals surface area contributed by atoms with Crippen LogP contribution in [0.3, 0.4) is 0 Å². The molecule has 2 N–H and O–H groups in total. The van der Waals surface area contributed by atoms with E-state index >= 15 is 0 Å². The highest BCUT2D eigenvalue weighted by Crippen LogP contribution is 2.33. The molecule has 3 atom stereocenters. The topological polar surface area (TPSA) is 72.9 Å². The summed E-state index contributed by atoms with van der Waals surface area (Å²) in [4.78, 5) is 28.0. The molecular formula is C27H33ClFN3O3. The minimum atomic E-state index is -1.03. The predicted octanol–water partition coefficient (Wildman–Crippen LogP) is 5.30. The number of benzene rings is 2. The zero-order valence-electron chi connectivity index (χ0n) is 20.0. The molecule has 6 nitrogen and oxygen atoms in total. The van der Waals surface area contributed by atoms with Crippen LogP contribution in [0, 0.1) is 23.6 Å². The number of hydrogen-bond donors (Lipinski definition) is 2. The van der Waals surface area contributed by atoms with Crippen LogP contribution in [0.1, 0.15) is 48.1 Å². The molecule has 2 saturated heterocycles. The Hall–Kier alpha value is -2.64. The fraction of sp³-hybridized carbons (Fsp3) is 0.481. The number of carbonyl (C=O) groups is 2. The maximum absolute atomic E-state index is 14.1. The minimum Gasteiger partial charge on any atom is -0.465 e. The van der Waals surface area contributed by atoms with Gasteiger partial charge in [0.2, 0.25) is 0 Å². The number of halogens is 2. The van der Waals surface area contributed by atoms with Crippen LogP contribution in [0.25, 0.3) is 0 Å². The first-order chi connectivity index (χ1) is 16.8. The molecule has 8 heteroatoms. The van der Waals surface area contributed by atoms with Crippen molar-refractivity contribution in [3.8, 4) is 0 Å². The summed E-state index contributed by atoms with van der Waals surface area (Å²) in [5.74, 6) is 0.808. The maximum atomic E-state index is 14.1. The number of carboxylic acid groups (broad SMARTS) is 1. The average molecular weight is 502 g/mol. The fourth-order valence-electron chi connectivity index (χ4n) is 4.93. The van der Waals surface area contributed by atoms with Crippen LogP contribution in [-0.4, -0.2) is 59.6 Å². The molecule has 188 valence electrons. The molecular weight excluding hydrogens is 469 g/mol. The van der Waals surface area contributed by atoms with Gasteiger partial charge in [0.15, 0.2) is 0 Å². The number of fused-ring (bicyclic) bond motifs is 1. The normalized spacial score (nSPS) is 22.2. The van der Waals surface area contributed by atoms with E-state index in [1.165, 1.54) is 31.0 Å². The largest absolute Gasteiger partial charge is 0.465 e. The summed E-state index contributed by atoms with van der Waals surface area (Å²) >= 11 is 6.06. The molecule has 35 heavy (non-hydrogen) atoms. The van der Waals surface area contributed by atoms with Gasteiger partial charge in [-0.25, -0.2) is 9.18 Å². The lowest BCUT2D eigenvalue weighted by Crippen LogP contribution is -2.35. The second-order valence-corrected chi connectivity index (χ2v) is 10.4. The van der Waals surface area contributed by atoms with E-state index in [-0.39, 0.29) is 22.5 Å². The van der Waals surface area contributed by atoms with Gasteiger partial charge in [-0.2, -0.15) is 0 Å². The van der Waals surface area contributed by atoms with Gasteiger partial charge in [-0.15, -0.1) is 0 Å². The highest BCUT2D eigenvalue weighted by Gasteiger charge is 2.42. The van der Waals surface area contributed by atoms with Crippen LogP contribution in [0.2, 0.25) is 5.02 Å². The summed E-state index contributed by atoms with van der Waals surface area (Å²) in [7, 11) is 0. The van der Waals surface area contributed by atoms with Crippen molar-refractivity contribution >= 4 is 23.6 Å². The van der Waals surface area contributed by atoms with E-state index in [0.29, 0.717) is 31.3 Å². The number of carbonyl (C=O) groups excluding carboxylic acids is 1. The summed E-state index contributed by atoms with van der Waals surface area (Å²) in [5, 5.41) is 11.9. The number of amides is 2. The molecule has 0 bridgehead atoms. The summed E-state index contributed by atoms with van der Waals surface area (Å²) in [6.45, 7) is 5.89. The lowest BCUT2D eigenvalue weighted by atomic mass is 10.0. The highest BCUT2D eigenvalue weighted by atomic mass is 35.5. The molecule has 1 aliphatic carbocycles. The molecule has 2 aliphatic heterocycles. The zero-order chi connectivity index (χ0) is 24.9. The van der Waals surface area contributed by atoms with Crippen LogP contribution in [-0.2, 0) is 0 Å². The number of hydrogen-bond acceptors (Lipinski definition) is 3. The van der Waals surface area contributed by atoms with Gasteiger partial charge in [0.05, 0.1) is 16.6 Å². The molecule has 3 fully saturated rings. The van der Waals surface area contributed by atoms with Crippen molar-refractivity contribution in [2.75, 3.05) is 32.7 Å². The van der Waals surface area contributed by atoms with Crippen LogP contribution in [0.5, 0.6) is 0 Å². The minimum absolute atomic E-state index is 0.0496. The van der Waals surface area contributed by atoms with Crippen molar-refractivity contribution in [3.05, 3.63) is 70.5 Å². The second kappa shape index (κ2) is 11.4. The third kappa shape index (κ3) is 6.73. The molecule has 0 radical (unpaired) electrons. The van der Waals surface area contributed by atoms with Crippen LogP contribution in [0.4, 0.5) is 9.18 Å². The summed E-state index contributed by atoms with van der Waals surface area (Å²) in [6.07, 6.45) is 2.61. The average Bonchev–Trinajstić information content (AvgIpc) is 3.36. The Labute approximate surface area is 211 Å². The van der Waals surface area contributed by atoms with Crippen molar-refractivity contribution in [1.29, 1.82) is 0 Å². The first kappa shape index (κ1) is 25.5. The molecule has 2 amide bonds. The van der Waals surface area contributed by atoms with E-state index in [2.05, 4.69) is 17.1 Å². The lowest BCUT2D eigenvalue weighted by molar-refractivity contribution is 0.0769. The van der Waals surface area contributed by atoms with E-state index < -0.39 is 11.9 Å². The first-order valence-corrected chi connectivity index (χ1v) is 12.7. The Morgan fingerprint density at radius 2 is 1.69 bits per heavy atom. The monoisotopic (exact) mass is 501 g/mol. The SMILES string of the molecule is CC1CC1.O=C(O)NC(CCN1CC2CN(C(=O)c3c(F)cccc3Cl)C[C@@H]2C1)c1ccccc1. The Morgan fingerprint density at radius 1 is 1.06 bits per heavy atom. The van der Waals surface area contributed by atoms with Crippen LogP contribution in [0.15, 0.2) is 48.5 Å². The molecule has 0 aromatic heterocycles. The van der Waals surface area contributed by atoms with Gasteiger partial charge in [-0.05, 0) is 41.9 Å². The molecule has 2 aromatic carbocycles. The van der Waals surface area contributed by atoms with Crippen LogP contribution < -0.4 is 5.32 Å². The smallest absolute Gasteiger partial charge is 0.405 e. The summed E-state index contributed by atoms with van der Waals surface area (Å²) < 4.78 is 14.1. The van der Waals surface area contributed by atoms with Gasteiger partial charge in [0.1, 0.15) is 5.82 Å². The Kier molecular flexibility index (Phi) is 8.29. The Morgan fingerprint density at radius 3 is 2.23 bits per heavy atom. The molecule has 2 aromatic rings. The maximum Gasteiger partial charge on any atom is 0.405 e. The number of nitrogens with one attached hydrogen (secondary N) is 1. The van der Waals surface area contributed by atoms with Gasteiger partial charge < -0.3 is 20.2 Å². The second-order valence-electron chi connectivity index (χ2n) is 9.97. The fourth-order valence-corrected chi connectivity index (χ4v) is 5.18. The molecule has 3 aliphatic rings. The van der Waals surface area contributed by atoms with Crippen molar-refractivity contribution in [3.63, 3.8) is 0 Å². The first-order valence-electron chi connectivity index (χ1n) is 12.3. The van der Waals surface area contributed by atoms with Gasteiger partial charge in [-0.3, -0.25) is 4.79 Å². The molecule has 1 saturated carbocycles. The highest BCUT2D eigenvalue weighted by molar-refractivity contribution is 6.33. The van der Waals surface area contributed by atoms with Gasteiger partial charge >= 0.3 is 6.09 Å². The Balaban J connectivity index is 0.000000656. The summed E-state index contributed by atoms with van der Waals surface area (Å²) in [5.41, 5.74) is 0.897. The molecule has 5 rings (SSSR count). The number of likely N-dealkylation sites (tertiary alicyclic amines) is 2. The molecule has 2 unspecified atom stereocenters. The quantitative estimate of drug-likeness (QED) is 0.563. The van der Waals surface area contributed by atoms with Gasteiger partial charge in [0.25, 0.3) is 5.91 Å². The van der Waals surface area contributed by atoms with E-state index in [9.17, 15) is 19.1 Å². The molecule has 0 spiro atoms. The molecule has 2 heterocycles. The van der Waals surface area contributed by atoms with E-state index in [1.54, 1.807) is 4.90 Å². The van der Waals surface area contributed by atoms with Crippen molar-refractivity contribution < 1.29 is 19.1 Å². The van der Waals surface area contributed by atoms with Gasteiger partial charge in [-0.1, -0.05) is 67.8 Å². The third-order valence-corrected chi connectivity index (χ3v) is 7.44. The van der Waals surface area contributed by atoms with Crippen molar-refractivity contribution in [2.24, 2.45) is 17.8 Å². The van der Waals surface area contributed by atoms with E-state index in [0.717, 1.165) is 31.1 Å².